The Balaban J connectivity index is 2.56. The van der Waals surface area contributed by atoms with E-state index in [4.69, 9.17) is 11.5 Å². The van der Waals surface area contributed by atoms with Crippen LogP contribution < -0.4 is 16.8 Å². The lowest BCUT2D eigenvalue weighted by molar-refractivity contribution is -0.105. The van der Waals surface area contributed by atoms with E-state index in [9.17, 15) is 13.6 Å². The number of halogens is 2. The van der Waals surface area contributed by atoms with Crippen molar-refractivity contribution in [3.05, 3.63) is 47.8 Å². The van der Waals surface area contributed by atoms with Crippen molar-refractivity contribution in [2.75, 3.05) is 17.6 Å². The summed E-state index contributed by atoms with van der Waals surface area (Å²) in [5.41, 5.74) is 12.4. The van der Waals surface area contributed by atoms with E-state index in [1.165, 1.54) is 12.4 Å². The molecule has 0 fully saturated rings. The number of nitrogen functional groups attached to an aromatic ring is 1. The Bertz CT molecular complexity index is 849. The Morgan fingerprint density at radius 2 is 2.04 bits per heavy atom. The molecule has 6 nitrogen and oxygen atoms in total. The number of rotatable bonds is 6. The topological polar surface area (TPSA) is 106 Å². The molecule has 0 saturated heterocycles. The van der Waals surface area contributed by atoms with Gasteiger partial charge in [-0.3, -0.25) is 9.79 Å². The van der Waals surface area contributed by atoms with Crippen LogP contribution in [0.5, 0.6) is 0 Å². The molecular weight excluding hydrogens is 328 g/mol. The molecule has 1 aromatic carbocycles. The first kappa shape index (κ1) is 18.1. The number of nitrogens with two attached hydrogens (primary N) is 2. The lowest BCUT2D eigenvalue weighted by Crippen LogP contribution is -2.02. The largest absolute Gasteiger partial charge is 0.404 e. The molecule has 1 aromatic heterocycles. The number of benzene rings is 1. The minimum atomic E-state index is -0.796. The summed E-state index contributed by atoms with van der Waals surface area (Å²) in [5, 5.41) is 2.09. The van der Waals surface area contributed by atoms with Crippen LogP contribution in [0.3, 0.4) is 0 Å². The molecule has 1 heterocycles. The normalized spacial score (nSPS) is 11.7. The van der Waals surface area contributed by atoms with Crippen LogP contribution in [0.4, 0.5) is 20.3 Å². The summed E-state index contributed by atoms with van der Waals surface area (Å²) in [5.74, 6) is -1.52. The monoisotopic (exact) mass is 345 g/mol. The zero-order chi connectivity index (χ0) is 18.4. The van der Waals surface area contributed by atoms with E-state index in [2.05, 4.69) is 15.3 Å². The fourth-order valence-corrected chi connectivity index (χ4v) is 2.18. The number of nitrogens with one attached hydrogen (secondary N) is 1. The van der Waals surface area contributed by atoms with Gasteiger partial charge in [-0.15, -0.1) is 0 Å². The number of pyridine rings is 1. The average Bonchev–Trinajstić information content (AvgIpc) is 2.60. The number of allylic oxidation sites excluding steroid dienone is 1. The van der Waals surface area contributed by atoms with E-state index < -0.39 is 11.6 Å². The molecule has 1 amide bonds. The quantitative estimate of drug-likeness (QED) is 0.552. The second-order valence-corrected chi connectivity index (χ2v) is 4.98. The van der Waals surface area contributed by atoms with Gasteiger partial charge < -0.3 is 16.8 Å². The number of nitrogens with zero attached hydrogens (tertiary/aromatic N) is 2. The summed E-state index contributed by atoms with van der Waals surface area (Å²) in [7, 11) is 0. The fraction of sp³-hybridized carbons (Fsp3) is 0.118. The molecule has 130 valence electrons. The Kier molecular flexibility index (Phi) is 5.78. The summed E-state index contributed by atoms with van der Waals surface area (Å²) >= 11 is 0. The second-order valence-electron chi connectivity index (χ2n) is 4.98. The van der Waals surface area contributed by atoms with Crippen molar-refractivity contribution in [2.24, 2.45) is 10.7 Å². The van der Waals surface area contributed by atoms with Gasteiger partial charge in [0.1, 0.15) is 17.5 Å². The van der Waals surface area contributed by atoms with E-state index in [-0.39, 0.29) is 29.0 Å². The summed E-state index contributed by atoms with van der Waals surface area (Å²) in [6.45, 7) is 2.43. The van der Waals surface area contributed by atoms with Crippen LogP contribution in [0, 0.1) is 11.6 Å². The van der Waals surface area contributed by atoms with E-state index >= 15 is 0 Å². The van der Waals surface area contributed by atoms with Crippen molar-refractivity contribution in [1.29, 1.82) is 0 Å². The molecule has 0 unspecified atom stereocenters. The van der Waals surface area contributed by atoms with E-state index in [1.807, 2.05) is 6.92 Å². The van der Waals surface area contributed by atoms with Crippen molar-refractivity contribution in [3.8, 4) is 11.1 Å². The van der Waals surface area contributed by atoms with Crippen molar-refractivity contribution in [2.45, 2.75) is 6.92 Å². The van der Waals surface area contributed by atoms with Crippen LogP contribution in [-0.4, -0.2) is 24.2 Å². The highest BCUT2D eigenvalue weighted by molar-refractivity contribution is 6.10. The minimum Gasteiger partial charge on any atom is -0.404 e. The molecule has 5 N–H and O–H groups in total. The molecule has 2 aromatic rings. The second kappa shape index (κ2) is 8.00. The molecule has 2 rings (SSSR count). The Labute approximate surface area is 143 Å². The summed E-state index contributed by atoms with van der Waals surface area (Å²) in [4.78, 5) is 18.5. The molecule has 0 radical (unpaired) electrons. The molecule has 8 heteroatoms. The van der Waals surface area contributed by atoms with Gasteiger partial charge in [0.25, 0.3) is 0 Å². The van der Waals surface area contributed by atoms with Gasteiger partial charge in [0.15, 0.2) is 0 Å². The molecule has 0 saturated carbocycles. The van der Waals surface area contributed by atoms with Gasteiger partial charge in [0, 0.05) is 53.5 Å². The van der Waals surface area contributed by atoms with Crippen molar-refractivity contribution in [3.63, 3.8) is 0 Å². The van der Waals surface area contributed by atoms with Crippen molar-refractivity contribution < 1.29 is 13.6 Å². The van der Waals surface area contributed by atoms with E-state index in [1.54, 1.807) is 12.3 Å². The number of amides is 1. The number of aliphatic imine (C=N–C) groups is 1. The Morgan fingerprint density at radius 3 is 2.68 bits per heavy atom. The predicted octanol–water partition coefficient (Wildman–Crippen LogP) is 2.57. The number of carbonyl (C=O) groups excluding carboxylic acids is 1. The van der Waals surface area contributed by atoms with Crippen molar-refractivity contribution in [1.82, 2.24) is 4.98 Å². The molecule has 25 heavy (non-hydrogen) atoms. The first-order chi connectivity index (χ1) is 12.0. The first-order valence-electron chi connectivity index (χ1n) is 7.39. The molecular formula is C17H17F2N5O. The fourth-order valence-electron chi connectivity index (χ4n) is 2.18. The van der Waals surface area contributed by atoms with Crippen LogP contribution in [-0.2, 0) is 4.79 Å². The third-order valence-corrected chi connectivity index (χ3v) is 3.41. The maximum absolute atomic E-state index is 14.4. The number of carbonyl (C=O) groups is 1. The maximum Gasteiger partial charge on any atom is 0.211 e. The smallest absolute Gasteiger partial charge is 0.211 e. The summed E-state index contributed by atoms with van der Waals surface area (Å²) in [6, 6.07) is 3.38. The molecule has 0 atom stereocenters. The molecule has 0 spiro atoms. The highest BCUT2D eigenvalue weighted by atomic mass is 19.1. The third-order valence-electron chi connectivity index (χ3n) is 3.41. The van der Waals surface area contributed by atoms with E-state index in [0.717, 1.165) is 12.1 Å². The van der Waals surface area contributed by atoms with E-state index in [0.29, 0.717) is 17.7 Å². The third kappa shape index (κ3) is 3.97. The SMILES string of the molecule is CCN=CC(=CN)c1cnc(N)c(-c2cc(F)c(NC=O)cc2F)c1. The Morgan fingerprint density at radius 1 is 1.28 bits per heavy atom. The predicted molar refractivity (Wildman–Crippen MR) is 94.9 cm³/mol. The van der Waals surface area contributed by atoms with Crippen LogP contribution in [0.2, 0.25) is 0 Å². The van der Waals surface area contributed by atoms with Crippen LogP contribution in [0.25, 0.3) is 16.7 Å². The number of hydrogen-bond acceptors (Lipinski definition) is 5. The van der Waals surface area contributed by atoms with Gasteiger partial charge in [-0.25, -0.2) is 13.8 Å². The van der Waals surface area contributed by atoms with Gasteiger partial charge in [-0.1, -0.05) is 0 Å². The molecule has 0 aliphatic carbocycles. The molecule has 0 bridgehead atoms. The maximum atomic E-state index is 14.4. The highest BCUT2D eigenvalue weighted by Gasteiger charge is 2.15. The molecule has 0 aliphatic rings. The number of anilines is 2. The molecule has 0 aliphatic heterocycles. The number of hydrogen-bond donors (Lipinski definition) is 3. The van der Waals surface area contributed by atoms with Crippen molar-refractivity contribution >= 4 is 29.7 Å². The van der Waals surface area contributed by atoms with Gasteiger partial charge in [0.05, 0.1) is 5.69 Å². The highest BCUT2D eigenvalue weighted by Crippen LogP contribution is 2.32. The number of aromatic nitrogens is 1. The lowest BCUT2D eigenvalue weighted by atomic mass is 10.0. The van der Waals surface area contributed by atoms with Gasteiger partial charge in [-0.2, -0.15) is 0 Å². The lowest BCUT2D eigenvalue weighted by Gasteiger charge is -2.11. The van der Waals surface area contributed by atoms with Gasteiger partial charge >= 0.3 is 0 Å². The summed E-state index contributed by atoms with van der Waals surface area (Å²) in [6.07, 6.45) is 4.63. The van der Waals surface area contributed by atoms with Gasteiger partial charge in [0.2, 0.25) is 6.41 Å². The summed E-state index contributed by atoms with van der Waals surface area (Å²) < 4.78 is 28.4. The van der Waals surface area contributed by atoms with Crippen LogP contribution >= 0.6 is 0 Å². The van der Waals surface area contributed by atoms with Crippen LogP contribution in [0.1, 0.15) is 12.5 Å². The zero-order valence-electron chi connectivity index (χ0n) is 13.5. The van der Waals surface area contributed by atoms with Crippen LogP contribution in [0.15, 0.2) is 35.6 Å². The Hall–Kier alpha value is -3.29. The first-order valence-corrected chi connectivity index (χ1v) is 7.39. The van der Waals surface area contributed by atoms with Gasteiger partial charge in [-0.05, 0) is 19.1 Å². The average molecular weight is 345 g/mol. The zero-order valence-corrected chi connectivity index (χ0v) is 13.5. The standard InChI is InChI=1S/C17H17F2N5O/c1-2-22-7-11(6-20)10-3-13(17(21)23-8-10)12-4-15(19)16(24-9-25)5-14(12)18/h3-9H,2,20H2,1H3,(H2,21,23)(H,24,25). The minimum absolute atomic E-state index is 0.0296.